The molecule has 1 aliphatic heterocycles. The van der Waals surface area contributed by atoms with Crippen molar-refractivity contribution >= 4 is 23.2 Å². The van der Waals surface area contributed by atoms with Gasteiger partial charge in [0.05, 0.1) is 10.6 Å². The molecule has 0 unspecified atom stereocenters. The van der Waals surface area contributed by atoms with E-state index in [1.54, 1.807) is 28.8 Å². The second-order valence-corrected chi connectivity index (χ2v) is 7.05. The number of hydrogen-bond acceptors (Lipinski definition) is 5. The minimum absolute atomic E-state index is 0.120. The smallest absolute Gasteiger partial charge is 0.259 e. The first-order chi connectivity index (χ1) is 13.0. The molecule has 2 aromatic carbocycles. The summed E-state index contributed by atoms with van der Waals surface area (Å²) in [6, 6.07) is 13.4. The van der Waals surface area contributed by atoms with E-state index in [-0.39, 0.29) is 11.9 Å². The maximum Gasteiger partial charge on any atom is 0.259 e. The Balaban J connectivity index is 1.71. The van der Waals surface area contributed by atoms with Gasteiger partial charge in [-0.05, 0) is 41.1 Å². The van der Waals surface area contributed by atoms with E-state index in [4.69, 9.17) is 11.6 Å². The largest absolute Gasteiger partial charge is 0.308 e. The summed E-state index contributed by atoms with van der Waals surface area (Å²) in [6.45, 7) is 3.37. The fourth-order valence-electron chi connectivity index (χ4n) is 3.28. The average Bonchev–Trinajstić information content (AvgIpc) is 3.02. The van der Waals surface area contributed by atoms with E-state index in [0.717, 1.165) is 23.4 Å². The van der Waals surface area contributed by atoms with Crippen molar-refractivity contribution in [2.24, 2.45) is 7.05 Å². The predicted octanol–water partition coefficient (Wildman–Crippen LogP) is 2.67. The maximum atomic E-state index is 13.3. The van der Waals surface area contributed by atoms with Crippen LogP contribution in [0.2, 0.25) is 5.02 Å². The fourth-order valence-corrected chi connectivity index (χ4v) is 3.55. The number of aromatic nitrogens is 4. The van der Waals surface area contributed by atoms with Crippen molar-refractivity contribution in [3.8, 4) is 11.4 Å². The van der Waals surface area contributed by atoms with Gasteiger partial charge in [-0.15, -0.1) is 5.10 Å². The van der Waals surface area contributed by atoms with Crippen LogP contribution in [-0.2, 0) is 13.6 Å². The number of anilines is 1. The molecule has 1 amide bonds. The molecule has 27 heavy (non-hydrogen) atoms. The van der Waals surface area contributed by atoms with Gasteiger partial charge in [0.2, 0.25) is 0 Å². The van der Waals surface area contributed by atoms with Crippen LogP contribution in [0.25, 0.3) is 11.4 Å². The number of benzene rings is 2. The first-order valence-electron chi connectivity index (χ1n) is 8.70. The zero-order valence-corrected chi connectivity index (χ0v) is 15.8. The third-order valence-electron chi connectivity index (χ3n) is 4.70. The molecule has 138 valence electrons. The van der Waals surface area contributed by atoms with Crippen molar-refractivity contribution in [3.63, 3.8) is 0 Å². The number of para-hydroxylation sites is 1. The summed E-state index contributed by atoms with van der Waals surface area (Å²) in [5.74, 6) is 0.472. The molecule has 1 aromatic heterocycles. The Morgan fingerprint density at radius 2 is 2.07 bits per heavy atom. The number of fused-ring (bicyclic) bond motifs is 1. The van der Waals surface area contributed by atoms with Gasteiger partial charge < -0.3 is 10.2 Å². The van der Waals surface area contributed by atoms with E-state index in [0.29, 0.717) is 23.0 Å². The zero-order chi connectivity index (χ0) is 19.0. The van der Waals surface area contributed by atoms with Crippen molar-refractivity contribution in [1.82, 2.24) is 25.5 Å². The van der Waals surface area contributed by atoms with Gasteiger partial charge in [-0.25, -0.2) is 4.68 Å². The van der Waals surface area contributed by atoms with Crippen LogP contribution in [-0.4, -0.2) is 38.7 Å². The summed E-state index contributed by atoms with van der Waals surface area (Å²) in [6.07, 6.45) is 0. The average molecular weight is 383 g/mol. The summed E-state index contributed by atoms with van der Waals surface area (Å²) in [7, 11) is 1.75. The Hall–Kier alpha value is -2.77. The minimum atomic E-state index is -0.120. The normalized spacial score (nSPS) is 16.7. The van der Waals surface area contributed by atoms with Gasteiger partial charge in [-0.3, -0.25) is 4.79 Å². The molecule has 0 bridgehead atoms. The Morgan fingerprint density at radius 1 is 1.26 bits per heavy atom. The number of halogens is 1. The molecular weight excluding hydrogens is 364 g/mol. The van der Waals surface area contributed by atoms with Crippen molar-refractivity contribution in [2.75, 3.05) is 11.4 Å². The number of nitrogens with one attached hydrogen (secondary N) is 1. The highest BCUT2D eigenvalue weighted by Gasteiger charge is 2.26. The van der Waals surface area contributed by atoms with Crippen LogP contribution in [0.1, 0.15) is 22.8 Å². The molecule has 2 heterocycles. The lowest BCUT2D eigenvalue weighted by molar-refractivity contribution is 0.0985. The van der Waals surface area contributed by atoms with Crippen molar-refractivity contribution in [3.05, 3.63) is 58.6 Å². The molecule has 0 radical (unpaired) electrons. The first kappa shape index (κ1) is 17.6. The van der Waals surface area contributed by atoms with Crippen LogP contribution in [0.15, 0.2) is 42.5 Å². The summed E-state index contributed by atoms with van der Waals surface area (Å²) in [5, 5.41) is 15.3. The van der Waals surface area contributed by atoms with E-state index in [2.05, 4.69) is 27.8 Å². The highest BCUT2D eigenvalue weighted by molar-refractivity contribution is 6.34. The van der Waals surface area contributed by atoms with Gasteiger partial charge >= 0.3 is 0 Å². The highest BCUT2D eigenvalue weighted by Crippen LogP contribution is 2.29. The molecule has 1 aliphatic rings. The number of carbonyl (C=O) groups excluding carboxylic acids is 1. The molecule has 0 saturated carbocycles. The van der Waals surface area contributed by atoms with Crippen LogP contribution in [0, 0.1) is 0 Å². The third kappa shape index (κ3) is 3.31. The number of aryl methyl sites for hydroxylation is 1. The quantitative estimate of drug-likeness (QED) is 0.737. The van der Waals surface area contributed by atoms with Gasteiger partial charge in [-0.1, -0.05) is 35.9 Å². The molecule has 3 aromatic rings. The molecule has 0 aliphatic carbocycles. The lowest BCUT2D eigenvalue weighted by Crippen LogP contribution is -2.39. The molecule has 8 heteroatoms. The SMILES string of the molecule is C[C@@H]1CN(C(=O)c2ccc(-c3nnnn3C)cc2Cl)c2ccccc2CN1. The zero-order valence-electron chi connectivity index (χ0n) is 15.1. The first-order valence-corrected chi connectivity index (χ1v) is 9.08. The van der Waals surface area contributed by atoms with Gasteiger partial charge in [0.15, 0.2) is 5.82 Å². The van der Waals surface area contributed by atoms with Gasteiger partial charge in [0, 0.05) is 37.4 Å². The van der Waals surface area contributed by atoms with Gasteiger partial charge in [0.1, 0.15) is 0 Å². The van der Waals surface area contributed by atoms with E-state index in [1.165, 1.54) is 0 Å². The lowest BCUT2D eigenvalue weighted by atomic mass is 10.1. The van der Waals surface area contributed by atoms with Crippen LogP contribution in [0.3, 0.4) is 0 Å². The fraction of sp³-hybridized carbons (Fsp3) is 0.263. The van der Waals surface area contributed by atoms with Crippen LogP contribution in [0.5, 0.6) is 0 Å². The van der Waals surface area contributed by atoms with Crippen molar-refractivity contribution < 1.29 is 4.79 Å². The monoisotopic (exact) mass is 382 g/mol. The van der Waals surface area contributed by atoms with Crippen LogP contribution in [0.4, 0.5) is 5.69 Å². The number of rotatable bonds is 2. The molecule has 0 fully saturated rings. The maximum absolute atomic E-state index is 13.3. The van der Waals surface area contributed by atoms with Crippen molar-refractivity contribution in [1.29, 1.82) is 0 Å². The molecule has 1 N–H and O–H groups in total. The summed E-state index contributed by atoms with van der Waals surface area (Å²) in [5.41, 5.74) is 3.22. The van der Waals surface area contributed by atoms with E-state index < -0.39 is 0 Å². The molecule has 7 nitrogen and oxygen atoms in total. The molecular formula is C19H19ClN6O. The topological polar surface area (TPSA) is 75.9 Å². The van der Waals surface area contributed by atoms with E-state index >= 15 is 0 Å². The summed E-state index contributed by atoms with van der Waals surface area (Å²) < 4.78 is 1.56. The minimum Gasteiger partial charge on any atom is -0.308 e. The Kier molecular flexibility index (Phi) is 4.63. The summed E-state index contributed by atoms with van der Waals surface area (Å²) in [4.78, 5) is 15.1. The Morgan fingerprint density at radius 3 is 2.81 bits per heavy atom. The Bertz CT molecular complexity index is 1000. The standard InChI is InChI=1S/C19H19ClN6O/c1-12-11-26(17-6-4-3-5-14(17)10-21-12)19(27)15-8-7-13(9-16(15)20)18-22-23-24-25(18)2/h3-9,12,21H,10-11H2,1-2H3/t12-/m1/s1. The Labute approximate surface area is 161 Å². The number of hydrogen-bond donors (Lipinski definition) is 1. The number of carbonyl (C=O) groups is 1. The van der Waals surface area contributed by atoms with Crippen LogP contribution < -0.4 is 10.2 Å². The molecule has 0 spiro atoms. The van der Waals surface area contributed by atoms with Crippen molar-refractivity contribution in [2.45, 2.75) is 19.5 Å². The number of tetrazole rings is 1. The third-order valence-corrected chi connectivity index (χ3v) is 5.02. The number of nitrogens with zero attached hydrogens (tertiary/aromatic N) is 5. The second kappa shape index (κ2) is 7.09. The van der Waals surface area contributed by atoms with E-state index in [9.17, 15) is 4.79 Å². The van der Waals surface area contributed by atoms with Crippen LogP contribution >= 0.6 is 11.6 Å². The molecule has 4 rings (SSSR count). The van der Waals surface area contributed by atoms with E-state index in [1.807, 2.05) is 30.3 Å². The molecule has 0 saturated heterocycles. The second-order valence-electron chi connectivity index (χ2n) is 6.65. The predicted molar refractivity (Wildman–Crippen MR) is 104 cm³/mol. The van der Waals surface area contributed by atoms with Gasteiger partial charge in [-0.2, -0.15) is 0 Å². The van der Waals surface area contributed by atoms with Gasteiger partial charge in [0.25, 0.3) is 5.91 Å². The lowest BCUT2D eigenvalue weighted by Gasteiger charge is -2.25. The molecule has 1 atom stereocenters. The number of amides is 1. The summed E-state index contributed by atoms with van der Waals surface area (Å²) >= 11 is 6.48. The highest BCUT2D eigenvalue weighted by atomic mass is 35.5.